The lowest BCUT2D eigenvalue weighted by atomic mass is 10.2. The predicted octanol–water partition coefficient (Wildman–Crippen LogP) is 3.48. The van der Waals surface area contributed by atoms with Gasteiger partial charge >= 0.3 is 6.09 Å². The number of nitrogens with zero attached hydrogens (tertiary/aromatic N) is 2. The number of aromatic nitrogens is 2. The van der Waals surface area contributed by atoms with Crippen LogP contribution in [0.25, 0.3) is 0 Å². The van der Waals surface area contributed by atoms with Crippen LogP contribution < -0.4 is 5.32 Å². The molecule has 98 valence electrons. The van der Waals surface area contributed by atoms with Crippen molar-refractivity contribution in [2.24, 2.45) is 0 Å². The number of carbonyl (C=O) groups is 1. The van der Waals surface area contributed by atoms with Crippen LogP contribution in [0.1, 0.15) is 5.56 Å². The SMILES string of the molecule is O=C(Nc1ncc(I)c(Cl)n1)OCc1ccccc1. The lowest BCUT2D eigenvalue weighted by Gasteiger charge is -2.06. The number of rotatable bonds is 3. The van der Waals surface area contributed by atoms with E-state index in [-0.39, 0.29) is 17.7 Å². The zero-order valence-corrected chi connectivity index (χ0v) is 12.6. The van der Waals surface area contributed by atoms with Crippen molar-refractivity contribution in [3.8, 4) is 0 Å². The minimum atomic E-state index is -0.624. The summed E-state index contributed by atoms with van der Waals surface area (Å²) < 4.78 is 5.74. The molecule has 7 heteroatoms. The first-order chi connectivity index (χ1) is 9.15. The van der Waals surface area contributed by atoms with Crippen molar-refractivity contribution >= 4 is 46.2 Å². The number of halogens is 2. The first kappa shape index (κ1) is 14.0. The van der Waals surface area contributed by atoms with Crippen molar-refractivity contribution in [3.63, 3.8) is 0 Å². The van der Waals surface area contributed by atoms with E-state index >= 15 is 0 Å². The zero-order valence-electron chi connectivity index (χ0n) is 9.64. The Kier molecular flexibility index (Phi) is 4.92. The van der Waals surface area contributed by atoms with Gasteiger partial charge < -0.3 is 4.74 Å². The van der Waals surface area contributed by atoms with Crippen LogP contribution in [0.2, 0.25) is 5.15 Å². The summed E-state index contributed by atoms with van der Waals surface area (Å²) in [5.74, 6) is 0.114. The Hall–Kier alpha value is -1.41. The summed E-state index contributed by atoms with van der Waals surface area (Å²) in [6.07, 6.45) is 0.893. The molecule has 0 bridgehead atoms. The van der Waals surface area contributed by atoms with Gasteiger partial charge in [0.25, 0.3) is 0 Å². The van der Waals surface area contributed by atoms with E-state index in [1.165, 1.54) is 6.20 Å². The Morgan fingerprint density at radius 1 is 1.37 bits per heavy atom. The van der Waals surface area contributed by atoms with Gasteiger partial charge in [0.05, 0.1) is 3.57 Å². The van der Waals surface area contributed by atoms with Crippen molar-refractivity contribution in [2.75, 3.05) is 5.32 Å². The highest BCUT2D eigenvalue weighted by atomic mass is 127. The van der Waals surface area contributed by atoms with Crippen LogP contribution in [-0.2, 0) is 11.3 Å². The fourth-order valence-electron chi connectivity index (χ4n) is 1.26. The maximum Gasteiger partial charge on any atom is 0.414 e. The molecule has 1 N–H and O–H groups in total. The number of hydrogen-bond donors (Lipinski definition) is 1. The van der Waals surface area contributed by atoms with Gasteiger partial charge in [-0.3, -0.25) is 5.32 Å². The van der Waals surface area contributed by atoms with Crippen LogP contribution >= 0.6 is 34.2 Å². The van der Waals surface area contributed by atoms with E-state index < -0.39 is 6.09 Å². The van der Waals surface area contributed by atoms with Gasteiger partial charge in [0.1, 0.15) is 11.8 Å². The standard InChI is InChI=1S/C12H9ClIN3O2/c13-10-9(14)6-15-11(16-10)17-12(18)19-7-8-4-2-1-3-5-8/h1-6H,7H2,(H,15,16,17,18). The zero-order chi connectivity index (χ0) is 13.7. The number of anilines is 1. The third kappa shape index (κ3) is 4.32. The molecule has 0 atom stereocenters. The summed E-state index contributed by atoms with van der Waals surface area (Å²) in [5, 5.41) is 2.70. The fraction of sp³-hybridized carbons (Fsp3) is 0.0833. The second-order valence-electron chi connectivity index (χ2n) is 3.52. The number of nitrogens with one attached hydrogen (secondary N) is 1. The van der Waals surface area contributed by atoms with Gasteiger partial charge in [0.15, 0.2) is 0 Å². The molecule has 0 spiro atoms. The van der Waals surface area contributed by atoms with Gasteiger partial charge in [-0.1, -0.05) is 41.9 Å². The molecular weight excluding hydrogens is 381 g/mol. The summed E-state index contributed by atoms with van der Waals surface area (Å²) in [4.78, 5) is 19.3. The number of ether oxygens (including phenoxy) is 1. The third-order valence-electron chi connectivity index (χ3n) is 2.13. The van der Waals surface area contributed by atoms with Crippen LogP contribution in [0.3, 0.4) is 0 Å². The Labute approximate surface area is 128 Å². The van der Waals surface area contributed by atoms with Crippen molar-refractivity contribution in [1.29, 1.82) is 0 Å². The molecule has 0 unspecified atom stereocenters. The van der Waals surface area contributed by atoms with Gasteiger partial charge in [-0.15, -0.1) is 0 Å². The average molecular weight is 390 g/mol. The average Bonchev–Trinajstić information content (AvgIpc) is 2.42. The Morgan fingerprint density at radius 2 is 2.11 bits per heavy atom. The van der Waals surface area contributed by atoms with Crippen LogP contribution in [0.5, 0.6) is 0 Å². The predicted molar refractivity (Wildman–Crippen MR) is 80.0 cm³/mol. The maximum atomic E-state index is 11.5. The molecule has 0 aliphatic rings. The van der Waals surface area contributed by atoms with Crippen molar-refractivity contribution in [2.45, 2.75) is 6.61 Å². The summed E-state index contributed by atoms with van der Waals surface area (Å²) in [7, 11) is 0. The number of carbonyl (C=O) groups excluding carboxylic acids is 1. The Bertz CT molecular complexity index is 580. The summed E-state index contributed by atoms with van der Waals surface area (Å²) in [6, 6.07) is 9.37. The monoisotopic (exact) mass is 389 g/mol. The molecular formula is C12H9ClIN3O2. The molecule has 0 aliphatic heterocycles. The molecule has 2 rings (SSSR count). The molecule has 5 nitrogen and oxygen atoms in total. The van der Waals surface area contributed by atoms with E-state index in [1.807, 2.05) is 52.9 Å². The molecule has 0 aliphatic carbocycles. The fourth-order valence-corrected chi connectivity index (χ4v) is 1.65. The molecule has 19 heavy (non-hydrogen) atoms. The molecule has 1 aromatic carbocycles. The first-order valence-corrected chi connectivity index (χ1v) is 6.76. The highest BCUT2D eigenvalue weighted by Gasteiger charge is 2.07. The lowest BCUT2D eigenvalue weighted by molar-refractivity contribution is 0.155. The smallest absolute Gasteiger partial charge is 0.414 e. The minimum absolute atomic E-state index is 0.114. The van der Waals surface area contributed by atoms with Crippen molar-refractivity contribution < 1.29 is 9.53 Å². The van der Waals surface area contributed by atoms with Gasteiger partial charge in [-0.25, -0.2) is 9.78 Å². The van der Waals surface area contributed by atoms with E-state index in [0.717, 1.165) is 5.56 Å². The highest BCUT2D eigenvalue weighted by Crippen LogP contribution is 2.15. The molecule has 1 aromatic heterocycles. The number of hydrogen-bond acceptors (Lipinski definition) is 4. The highest BCUT2D eigenvalue weighted by molar-refractivity contribution is 14.1. The second-order valence-corrected chi connectivity index (χ2v) is 5.04. The van der Waals surface area contributed by atoms with Crippen molar-refractivity contribution in [1.82, 2.24) is 9.97 Å². The van der Waals surface area contributed by atoms with Gasteiger partial charge in [-0.2, -0.15) is 4.98 Å². The Morgan fingerprint density at radius 3 is 2.79 bits per heavy atom. The largest absolute Gasteiger partial charge is 0.444 e. The third-order valence-corrected chi connectivity index (χ3v) is 3.52. The summed E-state index contributed by atoms with van der Waals surface area (Å²) in [6.45, 7) is 0.185. The molecule has 1 heterocycles. The topological polar surface area (TPSA) is 64.1 Å². The van der Waals surface area contributed by atoms with Gasteiger partial charge in [-0.05, 0) is 28.2 Å². The van der Waals surface area contributed by atoms with E-state index in [1.54, 1.807) is 0 Å². The second kappa shape index (κ2) is 6.67. The molecule has 0 fully saturated rings. The van der Waals surface area contributed by atoms with E-state index in [2.05, 4.69) is 15.3 Å². The quantitative estimate of drug-likeness (QED) is 0.645. The lowest BCUT2D eigenvalue weighted by Crippen LogP contribution is -2.15. The normalized spacial score (nSPS) is 10.0. The molecule has 1 amide bonds. The van der Waals surface area contributed by atoms with E-state index in [0.29, 0.717) is 3.57 Å². The van der Waals surface area contributed by atoms with Crippen LogP contribution in [-0.4, -0.2) is 16.1 Å². The Balaban J connectivity index is 1.89. The first-order valence-electron chi connectivity index (χ1n) is 5.31. The van der Waals surface area contributed by atoms with E-state index in [4.69, 9.17) is 16.3 Å². The maximum absolute atomic E-state index is 11.5. The molecule has 0 radical (unpaired) electrons. The van der Waals surface area contributed by atoms with Gasteiger partial charge in [0, 0.05) is 6.20 Å². The van der Waals surface area contributed by atoms with Crippen LogP contribution in [0.4, 0.5) is 10.7 Å². The van der Waals surface area contributed by atoms with Gasteiger partial charge in [0.2, 0.25) is 5.95 Å². The molecule has 0 saturated carbocycles. The van der Waals surface area contributed by atoms with Crippen LogP contribution in [0.15, 0.2) is 36.5 Å². The summed E-state index contributed by atoms with van der Waals surface area (Å²) in [5.41, 5.74) is 0.902. The number of benzene rings is 1. The van der Waals surface area contributed by atoms with Crippen LogP contribution in [0, 0.1) is 3.57 Å². The molecule has 0 saturated heterocycles. The summed E-state index contributed by atoms with van der Waals surface area (Å²) >= 11 is 7.82. The van der Waals surface area contributed by atoms with E-state index in [9.17, 15) is 4.79 Å². The number of amides is 1. The molecule has 2 aromatic rings. The van der Waals surface area contributed by atoms with Crippen molar-refractivity contribution in [3.05, 3.63) is 50.8 Å². The minimum Gasteiger partial charge on any atom is -0.444 e.